The van der Waals surface area contributed by atoms with Gasteiger partial charge in [0.15, 0.2) is 0 Å². The molecule has 1 amide bonds. The Balaban J connectivity index is 1.76. The molecule has 0 aromatic carbocycles. The number of primary amides is 1. The maximum atomic E-state index is 10.6. The van der Waals surface area contributed by atoms with Crippen molar-refractivity contribution in [2.75, 3.05) is 0 Å². The summed E-state index contributed by atoms with van der Waals surface area (Å²) in [7, 11) is 0. The van der Waals surface area contributed by atoms with Gasteiger partial charge in [-0.05, 0) is 56.6 Å². The molecule has 1 rings (SSSR count). The van der Waals surface area contributed by atoms with Crippen molar-refractivity contribution in [1.29, 1.82) is 0 Å². The number of unbranched alkanes of at least 4 members (excludes halogenated alkanes) is 11. The van der Waals surface area contributed by atoms with Gasteiger partial charge in [-0.1, -0.05) is 63.2 Å². The van der Waals surface area contributed by atoms with Gasteiger partial charge in [-0.2, -0.15) is 0 Å². The van der Waals surface area contributed by atoms with E-state index in [1.165, 1.54) is 82.6 Å². The molecule has 0 radical (unpaired) electrons. The van der Waals surface area contributed by atoms with Crippen LogP contribution in [-0.4, -0.2) is 10.9 Å². The highest BCUT2D eigenvalue weighted by atomic mass is 16.1. The molecule has 3 heteroatoms. The predicted molar refractivity (Wildman–Crippen MR) is 111 cm³/mol. The van der Waals surface area contributed by atoms with Gasteiger partial charge < -0.3 is 5.73 Å². The van der Waals surface area contributed by atoms with Crippen LogP contribution in [-0.2, 0) is 11.2 Å². The minimum Gasteiger partial charge on any atom is -0.370 e. The summed E-state index contributed by atoms with van der Waals surface area (Å²) in [6, 6.07) is 4.19. The smallest absolute Gasteiger partial charge is 0.217 e. The average molecular weight is 359 g/mol. The number of pyridine rings is 1. The van der Waals surface area contributed by atoms with Crippen LogP contribution in [0.5, 0.6) is 0 Å². The van der Waals surface area contributed by atoms with Crippen molar-refractivity contribution < 1.29 is 4.79 Å². The van der Waals surface area contributed by atoms with Gasteiger partial charge in [0.05, 0.1) is 0 Å². The first-order valence-electron chi connectivity index (χ1n) is 10.6. The van der Waals surface area contributed by atoms with Crippen LogP contribution in [0.2, 0.25) is 0 Å². The summed E-state index contributed by atoms with van der Waals surface area (Å²) in [6.07, 6.45) is 26.5. The molecule has 0 saturated heterocycles. The molecule has 0 unspecified atom stereocenters. The van der Waals surface area contributed by atoms with E-state index in [0.29, 0.717) is 6.42 Å². The van der Waals surface area contributed by atoms with Crippen molar-refractivity contribution in [3.05, 3.63) is 42.2 Å². The van der Waals surface area contributed by atoms with Crippen molar-refractivity contribution in [3.8, 4) is 0 Å². The molecule has 0 saturated carbocycles. The fourth-order valence-electron chi connectivity index (χ4n) is 3.17. The molecule has 26 heavy (non-hydrogen) atoms. The zero-order valence-corrected chi connectivity index (χ0v) is 16.5. The number of nitrogens with zero attached hydrogens (tertiary/aromatic N) is 1. The minimum atomic E-state index is -0.169. The van der Waals surface area contributed by atoms with Gasteiger partial charge in [0.1, 0.15) is 0 Å². The monoisotopic (exact) mass is 358 g/mol. The van der Waals surface area contributed by atoms with Crippen LogP contribution < -0.4 is 5.73 Å². The van der Waals surface area contributed by atoms with E-state index < -0.39 is 0 Å². The number of carbonyl (C=O) groups excluding carboxylic acids is 1. The van der Waals surface area contributed by atoms with Crippen LogP contribution in [0, 0.1) is 0 Å². The molecule has 0 fully saturated rings. The van der Waals surface area contributed by atoms with Crippen molar-refractivity contribution in [2.24, 2.45) is 5.73 Å². The largest absolute Gasteiger partial charge is 0.370 e. The second-order valence-corrected chi connectivity index (χ2v) is 7.27. The fourth-order valence-corrected chi connectivity index (χ4v) is 3.17. The summed E-state index contributed by atoms with van der Waals surface area (Å²) < 4.78 is 0. The van der Waals surface area contributed by atoms with Gasteiger partial charge in [0, 0.05) is 18.8 Å². The third kappa shape index (κ3) is 14.7. The number of amides is 1. The van der Waals surface area contributed by atoms with Crippen LogP contribution in [0.15, 0.2) is 36.7 Å². The first kappa shape index (κ1) is 22.4. The number of carbonyl (C=O) groups is 1. The number of nitrogens with two attached hydrogens (primary N) is 1. The molecule has 0 spiro atoms. The lowest BCUT2D eigenvalue weighted by Gasteiger charge is -2.02. The first-order valence-corrected chi connectivity index (χ1v) is 10.6. The Labute approximate surface area is 160 Å². The van der Waals surface area contributed by atoms with Crippen LogP contribution in [0.25, 0.3) is 0 Å². The van der Waals surface area contributed by atoms with Gasteiger partial charge in [-0.25, -0.2) is 0 Å². The van der Waals surface area contributed by atoms with Gasteiger partial charge >= 0.3 is 0 Å². The number of hydrogen-bond acceptors (Lipinski definition) is 2. The molecule has 2 N–H and O–H groups in total. The van der Waals surface area contributed by atoms with E-state index in [0.717, 1.165) is 12.8 Å². The number of aryl methyl sites for hydroxylation is 1. The summed E-state index contributed by atoms with van der Waals surface area (Å²) in [5.74, 6) is -0.169. The molecule has 3 nitrogen and oxygen atoms in total. The van der Waals surface area contributed by atoms with Crippen LogP contribution in [0.3, 0.4) is 0 Å². The van der Waals surface area contributed by atoms with Crippen molar-refractivity contribution >= 4 is 5.91 Å². The molecule has 0 atom stereocenters. The van der Waals surface area contributed by atoms with Gasteiger partial charge in [0.2, 0.25) is 5.91 Å². The Hall–Kier alpha value is -1.64. The SMILES string of the molecule is NC(=O)CCCCCCC/C=C\CCCCCCCCc1cccnc1. The Morgan fingerprint density at radius 1 is 0.846 bits per heavy atom. The summed E-state index contributed by atoms with van der Waals surface area (Å²) in [4.78, 5) is 14.8. The maximum Gasteiger partial charge on any atom is 0.217 e. The van der Waals surface area contributed by atoms with Gasteiger partial charge in [0.25, 0.3) is 0 Å². The third-order valence-corrected chi connectivity index (χ3v) is 4.77. The second-order valence-electron chi connectivity index (χ2n) is 7.27. The predicted octanol–water partition coefficient (Wildman–Crippen LogP) is 6.13. The molecule has 0 aliphatic heterocycles. The highest BCUT2D eigenvalue weighted by molar-refractivity contribution is 5.73. The molecule has 1 heterocycles. The lowest BCUT2D eigenvalue weighted by molar-refractivity contribution is -0.118. The van der Waals surface area contributed by atoms with E-state index in [2.05, 4.69) is 23.2 Å². The van der Waals surface area contributed by atoms with E-state index in [1.54, 1.807) is 0 Å². The summed E-state index contributed by atoms with van der Waals surface area (Å²) in [6.45, 7) is 0. The van der Waals surface area contributed by atoms with Crippen LogP contribution >= 0.6 is 0 Å². The molecule has 1 aromatic heterocycles. The zero-order chi connectivity index (χ0) is 18.7. The maximum absolute atomic E-state index is 10.6. The lowest BCUT2D eigenvalue weighted by atomic mass is 10.1. The van der Waals surface area contributed by atoms with Gasteiger partial charge in [-0.3, -0.25) is 9.78 Å². The number of rotatable bonds is 17. The van der Waals surface area contributed by atoms with Gasteiger partial charge in [-0.15, -0.1) is 0 Å². The summed E-state index contributed by atoms with van der Waals surface area (Å²) >= 11 is 0. The van der Waals surface area contributed by atoms with E-state index >= 15 is 0 Å². The summed E-state index contributed by atoms with van der Waals surface area (Å²) in [5.41, 5.74) is 6.49. The number of allylic oxidation sites excluding steroid dienone is 2. The van der Waals surface area contributed by atoms with E-state index in [4.69, 9.17) is 5.73 Å². The minimum absolute atomic E-state index is 0.169. The number of hydrogen-bond donors (Lipinski definition) is 1. The lowest BCUT2D eigenvalue weighted by Crippen LogP contribution is -2.09. The molecular weight excluding hydrogens is 320 g/mol. The van der Waals surface area contributed by atoms with Crippen LogP contribution in [0.4, 0.5) is 0 Å². The fraction of sp³-hybridized carbons (Fsp3) is 0.652. The molecule has 0 aliphatic rings. The Bertz CT molecular complexity index is 470. The van der Waals surface area contributed by atoms with E-state index in [-0.39, 0.29) is 5.91 Å². The topological polar surface area (TPSA) is 56.0 Å². The Morgan fingerprint density at radius 3 is 2.00 bits per heavy atom. The van der Waals surface area contributed by atoms with E-state index in [1.807, 2.05) is 18.5 Å². The first-order chi connectivity index (χ1) is 12.8. The summed E-state index contributed by atoms with van der Waals surface area (Å²) in [5, 5.41) is 0. The quantitative estimate of drug-likeness (QED) is 0.269. The molecule has 0 bridgehead atoms. The Morgan fingerprint density at radius 2 is 1.42 bits per heavy atom. The van der Waals surface area contributed by atoms with Crippen LogP contribution in [0.1, 0.15) is 95.5 Å². The Kier molecular flexibility index (Phi) is 14.5. The highest BCUT2D eigenvalue weighted by Crippen LogP contribution is 2.11. The molecule has 1 aromatic rings. The number of aromatic nitrogens is 1. The second kappa shape index (κ2) is 16.8. The van der Waals surface area contributed by atoms with E-state index in [9.17, 15) is 4.79 Å². The average Bonchev–Trinajstić information content (AvgIpc) is 2.65. The normalized spacial score (nSPS) is 11.2. The molecule has 146 valence electrons. The third-order valence-electron chi connectivity index (χ3n) is 4.77. The zero-order valence-electron chi connectivity index (χ0n) is 16.5. The van der Waals surface area contributed by atoms with Crippen molar-refractivity contribution in [2.45, 2.75) is 96.3 Å². The standard InChI is InChI=1S/C23H38N2O/c24-23(26)19-15-13-11-9-7-5-3-1-2-4-6-8-10-12-14-17-22-18-16-20-25-21-22/h1,3,16,18,20-21H,2,4-15,17,19H2,(H2,24,26)/b3-1-. The van der Waals surface area contributed by atoms with Crippen molar-refractivity contribution in [3.63, 3.8) is 0 Å². The molecular formula is C23H38N2O. The molecule has 0 aliphatic carbocycles. The highest BCUT2D eigenvalue weighted by Gasteiger charge is 1.95. The van der Waals surface area contributed by atoms with Crippen molar-refractivity contribution in [1.82, 2.24) is 4.98 Å².